The molecular weight excluding hydrogens is 386 g/mol. The Balaban J connectivity index is 1.33. The molecule has 4 fully saturated rings. The second-order valence-electron chi connectivity index (χ2n) is 12.1. The number of carbonyl (C=O) groups excluding carboxylic acids is 1. The van der Waals surface area contributed by atoms with E-state index in [0.717, 1.165) is 49.9 Å². The molecule has 168 valence electrons. The van der Waals surface area contributed by atoms with Gasteiger partial charge in [-0.25, -0.2) is 0 Å². The first kappa shape index (κ1) is 21.2. The standard InChI is InChI=1S/C26H37N3O2/c1-24-9-6-19-18(20(24)8-10-25(2,31)16-24)7-11-26(3)21(19)4-5-22(26)23(30)15-29-14-17(12-27)13-28-29/h13-14,18-22,31H,4-11,15-16H2,1-3H3/t18-,19+,20+,21-,22+,24?,25+,26-/m0/s1. The topological polar surface area (TPSA) is 78.9 Å². The maximum atomic E-state index is 13.3. The number of aliphatic hydroxyl groups is 1. The van der Waals surface area contributed by atoms with E-state index >= 15 is 0 Å². The molecule has 0 bridgehead atoms. The zero-order chi connectivity index (χ0) is 22.0. The quantitative estimate of drug-likeness (QED) is 0.762. The van der Waals surface area contributed by atoms with Crippen LogP contribution < -0.4 is 0 Å². The van der Waals surface area contributed by atoms with Gasteiger partial charge in [-0.05, 0) is 99.2 Å². The third-order valence-electron chi connectivity index (χ3n) is 10.2. The van der Waals surface area contributed by atoms with Crippen molar-refractivity contribution in [3.8, 4) is 6.07 Å². The van der Waals surface area contributed by atoms with E-state index in [2.05, 4.69) is 25.0 Å². The summed E-state index contributed by atoms with van der Waals surface area (Å²) < 4.78 is 1.64. The Morgan fingerprint density at radius 1 is 1.13 bits per heavy atom. The molecule has 0 saturated heterocycles. The largest absolute Gasteiger partial charge is 0.390 e. The van der Waals surface area contributed by atoms with Gasteiger partial charge in [-0.15, -0.1) is 0 Å². The number of ketones is 1. The number of fused-ring (bicyclic) bond motifs is 5. The second kappa shape index (κ2) is 7.17. The molecule has 4 aliphatic carbocycles. The summed E-state index contributed by atoms with van der Waals surface area (Å²) in [6, 6.07) is 2.09. The minimum atomic E-state index is -0.496. The molecule has 1 unspecified atom stereocenters. The van der Waals surface area contributed by atoms with Crippen LogP contribution in [0.5, 0.6) is 0 Å². The Labute approximate surface area is 186 Å². The van der Waals surface area contributed by atoms with Crippen molar-refractivity contribution in [2.45, 2.75) is 90.7 Å². The molecule has 5 rings (SSSR count). The third kappa shape index (κ3) is 3.37. The van der Waals surface area contributed by atoms with Crippen molar-refractivity contribution in [2.24, 2.45) is 40.4 Å². The zero-order valence-corrected chi connectivity index (χ0v) is 19.3. The normalized spacial score (nSPS) is 46.5. The molecule has 8 atom stereocenters. The molecule has 1 aromatic heterocycles. The van der Waals surface area contributed by atoms with Crippen molar-refractivity contribution < 1.29 is 9.90 Å². The zero-order valence-electron chi connectivity index (χ0n) is 19.3. The van der Waals surface area contributed by atoms with Crippen molar-refractivity contribution in [3.63, 3.8) is 0 Å². The summed E-state index contributed by atoms with van der Waals surface area (Å²) in [7, 11) is 0. The monoisotopic (exact) mass is 423 g/mol. The van der Waals surface area contributed by atoms with Gasteiger partial charge in [0.25, 0.3) is 0 Å². The maximum Gasteiger partial charge on any atom is 0.157 e. The fourth-order valence-electron chi connectivity index (χ4n) is 8.94. The fourth-order valence-corrected chi connectivity index (χ4v) is 8.94. The number of nitrogens with zero attached hydrogens (tertiary/aromatic N) is 3. The van der Waals surface area contributed by atoms with Gasteiger partial charge in [0.05, 0.1) is 23.9 Å². The minimum absolute atomic E-state index is 0.108. The van der Waals surface area contributed by atoms with Gasteiger partial charge in [-0.2, -0.15) is 10.4 Å². The van der Waals surface area contributed by atoms with Crippen molar-refractivity contribution >= 4 is 5.78 Å². The molecule has 0 amide bonds. The van der Waals surface area contributed by atoms with Gasteiger partial charge >= 0.3 is 0 Å². The molecule has 0 spiro atoms. The van der Waals surface area contributed by atoms with Crippen LogP contribution in [0.4, 0.5) is 0 Å². The summed E-state index contributed by atoms with van der Waals surface area (Å²) in [5.41, 5.74) is 0.408. The van der Waals surface area contributed by atoms with E-state index in [0.29, 0.717) is 23.8 Å². The number of nitriles is 1. The Morgan fingerprint density at radius 2 is 1.87 bits per heavy atom. The SMILES string of the molecule is CC12CC[C@@H]3[C@H](CC[C@]4(C)[C@@H](C(=O)Cn5cc(C#N)cn5)CC[C@@H]34)[C@H]1CC[C@@](C)(O)C2. The van der Waals surface area contributed by atoms with Gasteiger partial charge in [-0.1, -0.05) is 13.8 Å². The molecule has 0 radical (unpaired) electrons. The summed E-state index contributed by atoms with van der Waals surface area (Å²) in [4.78, 5) is 13.3. The lowest BCUT2D eigenvalue weighted by Crippen LogP contribution is -2.54. The van der Waals surface area contributed by atoms with Crippen LogP contribution in [-0.2, 0) is 11.3 Å². The van der Waals surface area contributed by atoms with E-state index in [1.165, 1.54) is 31.9 Å². The van der Waals surface area contributed by atoms with Crippen molar-refractivity contribution in [1.29, 1.82) is 5.26 Å². The van der Waals surface area contributed by atoms with Gasteiger partial charge in [0.15, 0.2) is 5.78 Å². The van der Waals surface area contributed by atoms with Gasteiger partial charge < -0.3 is 5.11 Å². The van der Waals surface area contributed by atoms with Crippen LogP contribution in [0.2, 0.25) is 0 Å². The number of hydrogen-bond donors (Lipinski definition) is 1. The second-order valence-corrected chi connectivity index (χ2v) is 12.1. The van der Waals surface area contributed by atoms with Crippen LogP contribution in [0.3, 0.4) is 0 Å². The Morgan fingerprint density at radius 3 is 2.61 bits per heavy atom. The lowest BCUT2D eigenvalue weighted by atomic mass is 9.45. The van der Waals surface area contributed by atoms with Crippen LogP contribution in [0.15, 0.2) is 12.4 Å². The van der Waals surface area contributed by atoms with Gasteiger partial charge in [0.1, 0.15) is 6.07 Å². The maximum absolute atomic E-state index is 13.3. The average Bonchev–Trinajstić information content (AvgIpc) is 3.29. The van der Waals surface area contributed by atoms with Crippen LogP contribution in [-0.4, -0.2) is 26.3 Å². The highest BCUT2D eigenvalue weighted by atomic mass is 16.3. The smallest absolute Gasteiger partial charge is 0.157 e. The van der Waals surface area contributed by atoms with E-state index in [4.69, 9.17) is 5.26 Å². The third-order valence-corrected chi connectivity index (χ3v) is 10.2. The van der Waals surface area contributed by atoms with E-state index in [9.17, 15) is 9.90 Å². The van der Waals surface area contributed by atoms with E-state index in [1.54, 1.807) is 10.9 Å². The fraction of sp³-hybridized carbons (Fsp3) is 0.808. The molecule has 1 N–H and O–H groups in total. The first-order chi connectivity index (χ1) is 14.7. The van der Waals surface area contributed by atoms with Crippen LogP contribution in [0.25, 0.3) is 0 Å². The summed E-state index contributed by atoms with van der Waals surface area (Å²) in [6.45, 7) is 7.16. The average molecular weight is 424 g/mol. The van der Waals surface area contributed by atoms with Gasteiger partial charge in [0, 0.05) is 12.1 Å². The summed E-state index contributed by atoms with van der Waals surface area (Å²) in [5.74, 6) is 3.32. The number of Topliss-reactive ketones (excluding diaryl/α,β-unsaturated/α-hetero) is 1. The summed E-state index contributed by atoms with van der Waals surface area (Å²) >= 11 is 0. The Bertz CT molecular complexity index is 914. The molecule has 1 aromatic rings. The molecule has 1 heterocycles. The lowest BCUT2D eigenvalue weighted by Gasteiger charge is -2.60. The van der Waals surface area contributed by atoms with E-state index < -0.39 is 5.60 Å². The predicted octanol–water partition coefficient (Wildman–Crippen LogP) is 4.73. The first-order valence-corrected chi connectivity index (χ1v) is 12.3. The molecule has 4 saturated carbocycles. The van der Waals surface area contributed by atoms with Crippen molar-refractivity contribution in [2.75, 3.05) is 0 Å². The number of aromatic nitrogens is 2. The minimum Gasteiger partial charge on any atom is -0.390 e. The van der Waals surface area contributed by atoms with Gasteiger partial charge in [-0.3, -0.25) is 9.48 Å². The lowest BCUT2D eigenvalue weighted by molar-refractivity contribution is -0.145. The van der Waals surface area contributed by atoms with Crippen molar-refractivity contribution in [3.05, 3.63) is 18.0 Å². The summed E-state index contributed by atoms with van der Waals surface area (Å²) in [5, 5.41) is 24.0. The Hall–Kier alpha value is -1.67. The van der Waals surface area contributed by atoms with Crippen LogP contribution in [0, 0.1) is 51.8 Å². The molecule has 4 aliphatic rings. The van der Waals surface area contributed by atoms with Crippen molar-refractivity contribution in [1.82, 2.24) is 9.78 Å². The molecule has 0 aliphatic heterocycles. The first-order valence-electron chi connectivity index (χ1n) is 12.3. The number of carbonyl (C=O) groups is 1. The highest BCUT2D eigenvalue weighted by Crippen LogP contribution is 2.67. The molecule has 31 heavy (non-hydrogen) atoms. The molecular formula is C26H37N3O2. The molecule has 5 nitrogen and oxygen atoms in total. The van der Waals surface area contributed by atoms with Crippen LogP contribution >= 0.6 is 0 Å². The van der Waals surface area contributed by atoms with E-state index in [1.807, 2.05) is 6.92 Å². The highest BCUT2D eigenvalue weighted by molar-refractivity contribution is 5.82. The predicted molar refractivity (Wildman–Crippen MR) is 118 cm³/mol. The summed E-state index contributed by atoms with van der Waals surface area (Å²) in [6.07, 6.45) is 13.3. The molecule has 0 aromatic carbocycles. The number of rotatable bonds is 3. The Kier molecular flexibility index (Phi) is 4.90. The van der Waals surface area contributed by atoms with Gasteiger partial charge in [0.2, 0.25) is 0 Å². The van der Waals surface area contributed by atoms with E-state index in [-0.39, 0.29) is 16.7 Å². The molecule has 5 heteroatoms. The van der Waals surface area contributed by atoms with Crippen LogP contribution in [0.1, 0.15) is 84.1 Å². The number of hydrogen-bond acceptors (Lipinski definition) is 4. The highest BCUT2D eigenvalue weighted by Gasteiger charge is 2.60.